The lowest BCUT2D eigenvalue weighted by atomic mass is 10.2. The maximum absolute atomic E-state index is 14.2. The van der Waals surface area contributed by atoms with Gasteiger partial charge in [-0.05, 0) is 18.2 Å². The Hall–Kier alpha value is -3.67. The normalized spacial score (nSPS) is 11.0. The highest BCUT2D eigenvalue weighted by Gasteiger charge is 2.33. The Bertz CT molecular complexity index is 1120. The standard InChI is InChI=1S/C20H18ClF4N5O3/c1-31-15-7-11(8-16(32-2)17(15)33-3)29-30-19-26-9-14(22)18(28-19)27-10-4-5-13(21)12(6-10)20(23,24)25/h4-9,29H,1-3H3,(H2,26,27,28,30). The van der Waals surface area contributed by atoms with E-state index in [-0.39, 0.29) is 17.5 Å². The van der Waals surface area contributed by atoms with Crippen molar-refractivity contribution in [2.45, 2.75) is 6.18 Å². The fraction of sp³-hybridized carbons (Fsp3) is 0.200. The summed E-state index contributed by atoms with van der Waals surface area (Å²) in [6, 6.07) is 6.27. The number of halogens is 5. The number of nitrogens with zero attached hydrogens (tertiary/aromatic N) is 2. The molecule has 3 N–H and O–H groups in total. The van der Waals surface area contributed by atoms with Gasteiger partial charge >= 0.3 is 6.18 Å². The maximum Gasteiger partial charge on any atom is 0.417 e. The van der Waals surface area contributed by atoms with Crippen molar-refractivity contribution in [1.29, 1.82) is 0 Å². The van der Waals surface area contributed by atoms with Crippen molar-refractivity contribution in [2.75, 3.05) is 37.5 Å². The molecule has 1 heterocycles. The summed E-state index contributed by atoms with van der Waals surface area (Å²) in [6.07, 6.45) is -3.81. The molecule has 1 aromatic heterocycles. The number of hydrogen-bond donors (Lipinski definition) is 3. The third kappa shape index (κ3) is 5.58. The SMILES string of the molecule is COc1cc(NNc2ncc(F)c(Nc3ccc(Cl)c(C(F)(F)F)c3)n2)cc(OC)c1OC. The van der Waals surface area contributed by atoms with Crippen LogP contribution in [0.3, 0.4) is 0 Å². The number of hydrogen-bond acceptors (Lipinski definition) is 8. The summed E-state index contributed by atoms with van der Waals surface area (Å²) in [5, 5.41) is 2.01. The van der Waals surface area contributed by atoms with Crippen molar-refractivity contribution < 1.29 is 31.8 Å². The molecule has 3 aromatic rings. The molecule has 0 aliphatic heterocycles. The van der Waals surface area contributed by atoms with E-state index in [1.807, 2.05) is 0 Å². The smallest absolute Gasteiger partial charge is 0.417 e. The summed E-state index contributed by atoms with van der Waals surface area (Å²) in [4.78, 5) is 7.74. The van der Waals surface area contributed by atoms with E-state index in [1.54, 1.807) is 12.1 Å². The molecular weight excluding hydrogens is 470 g/mol. The van der Waals surface area contributed by atoms with Crippen molar-refractivity contribution >= 4 is 34.7 Å². The number of alkyl halides is 3. The fourth-order valence-corrected chi connectivity index (χ4v) is 2.98. The Labute approximate surface area is 190 Å². The third-order valence-electron chi connectivity index (χ3n) is 4.26. The monoisotopic (exact) mass is 487 g/mol. The van der Waals surface area contributed by atoms with Crippen LogP contribution in [0.4, 0.5) is 40.7 Å². The number of methoxy groups -OCH3 is 3. The lowest BCUT2D eigenvalue weighted by Crippen LogP contribution is -2.13. The Balaban J connectivity index is 1.80. The van der Waals surface area contributed by atoms with Gasteiger partial charge in [-0.15, -0.1) is 0 Å². The van der Waals surface area contributed by atoms with E-state index in [1.165, 1.54) is 27.4 Å². The predicted molar refractivity (Wildman–Crippen MR) is 115 cm³/mol. The second-order valence-electron chi connectivity index (χ2n) is 6.37. The Morgan fingerprint density at radius 2 is 1.58 bits per heavy atom. The lowest BCUT2D eigenvalue weighted by molar-refractivity contribution is -0.137. The summed E-state index contributed by atoms with van der Waals surface area (Å²) in [7, 11) is 4.37. The number of rotatable bonds is 8. The van der Waals surface area contributed by atoms with Crippen LogP contribution in [0.15, 0.2) is 36.5 Å². The largest absolute Gasteiger partial charge is 0.493 e. The van der Waals surface area contributed by atoms with Gasteiger partial charge in [0.05, 0.1) is 43.8 Å². The van der Waals surface area contributed by atoms with Gasteiger partial charge in [0, 0.05) is 17.8 Å². The first kappa shape index (κ1) is 24.0. The Morgan fingerprint density at radius 3 is 2.15 bits per heavy atom. The van der Waals surface area contributed by atoms with E-state index in [0.717, 1.165) is 18.3 Å². The summed E-state index contributed by atoms with van der Waals surface area (Å²) in [6.45, 7) is 0. The number of benzene rings is 2. The first-order valence-electron chi connectivity index (χ1n) is 9.14. The van der Waals surface area contributed by atoms with Crippen LogP contribution in [0.5, 0.6) is 17.2 Å². The molecule has 0 saturated heterocycles. The highest BCUT2D eigenvalue weighted by atomic mass is 35.5. The summed E-state index contributed by atoms with van der Waals surface area (Å²) in [5.41, 5.74) is 4.81. The highest BCUT2D eigenvalue weighted by molar-refractivity contribution is 6.31. The van der Waals surface area contributed by atoms with Crippen molar-refractivity contribution in [1.82, 2.24) is 9.97 Å². The molecule has 176 valence electrons. The molecule has 0 unspecified atom stereocenters. The van der Waals surface area contributed by atoms with Gasteiger partial charge in [0.15, 0.2) is 23.1 Å². The van der Waals surface area contributed by atoms with Crippen LogP contribution in [-0.4, -0.2) is 31.3 Å². The minimum Gasteiger partial charge on any atom is -0.493 e. The quantitative estimate of drug-likeness (QED) is 0.284. The molecule has 0 bridgehead atoms. The zero-order valence-corrected chi connectivity index (χ0v) is 18.2. The molecule has 0 aliphatic rings. The van der Waals surface area contributed by atoms with Crippen molar-refractivity contribution in [3.05, 3.63) is 52.9 Å². The summed E-state index contributed by atoms with van der Waals surface area (Å²) in [5.74, 6) is -0.154. The van der Waals surface area contributed by atoms with Gasteiger partial charge in [0.1, 0.15) is 0 Å². The number of aromatic nitrogens is 2. The average Bonchev–Trinajstić information content (AvgIpc) is 2.79. The third-order valence-corrected chi connectivity index (χ3v) is 4.59. The molecule has 2 aromatic carbocycles. The van der Waals surface area contributed by atoms with Gasteiger partial charge in [-0.1, -0.05) is 11.6 Å². The molecule has 0 spiro atoms. The molecule has 0 fully saturated rings. The minimum atomic E-state index is -4.67. The molecule has 0 radical (unpaired) electrons. The van der Waals surface area contributed by atoms with Gasteiger partial charge in [-0.25, -0.2) is 9.37 Å². The molecular formula is C20H18ClF4N5O3. The van der Waals surface area contributed by atoms with Crippen molar-refractivity contribution in [3.63, 3.8) is 0 Å². The minimum absolute atomic E-state index is 0.0622. The lowest BCUT2D eigenvalue weighted by Gasteiger charge is -2.16. The van der Waals surface area contributed by atoms with Gasteiger partial charge in [-0.3, -0.25) is 10.9 Å². The number of hydrazine groups is 1. The molecule has 13 heteroatoms. The summed E-state index contributed by atoms with van der Waals surface area (Å²) >= 11 is 5.61. The fourth-order valence-electron chi connectivity index (χ4n) is 2.75. The molecule has 0 aliphatic carbocycles. The van der Waals surface area contributed by atoms with E-state index < -0.39 is 22.6 Å². The molecule has 8 nitrogen and oxygen atoms in total. The number of nitrogens with one attached hydrogen (secondary N) is 3. The first-order valence-corrected chi connectivity index (χ1v) is 9.52. The summed E-state index contributed by atoms with van der Waals surface area (Å²) < 4.78 is 69.2. The van der Waals surface area contributed by atoms with Crippen LogP contribution < -0.4 is 30.4 Å². The highest BCUT2D eigenvalue weighted by Crippen LogP contribution is 2.40. The van der Waals surface area contributed by atoms with E-state index in [0.29, 0.717) is 22.9 Å². The van der Waals surface area contributed by atoms with E-state index in [4.69, 9.17) is 25.8 Å². The molecule has 0 amide bonds. The van der Waals surface area contributed by atoms with Crippen molar-refractivity contribution in [2.24, 2.45) is 0 Å². The second kappa shape index (κ2) is 9.86. The Kier molecular flexibility index (Phi) is 7.16. The molecule has 0 saturated carbocycles. The van der Waals surface area contributed by atoms with Gasteiger partial charge < -0.3 is 19.5 Å². The van der Waals surface area contributed by atoms with Crippen LogP contribution in [0.2, 0.25) is 5.02 Å². The van der Waals surface area contributed by atoms with E-state index in [9.17, 15) is 17.6 Å². The van der Waals surface area contributed by atoms with Crippen LogP contribution in [0.25, 0.3) is 0 Å². The van der Waals surface area contributed by atoms with Crippen LogP contribution in [0.1, 0.15) is 5.56 Å². The van der Waals surface area contributed by atoms with Crippen LogP contribution >= 0.6 is 11.6 Å². The molecule has 3 rings (SSSR count). The topological polar surface area (TPSA) is 89.6 Å². The zero-order valence-electron chi connectivity index (χ0n) is 17.5. The predicted octanol–water partition coefficient (Wildman–Crippen LogP) is 5.50. The zero-order chi connectivity index (χ0) is 24.2. The molecule has 33 heavy (non-hydrogen) atoms. The average molecular weight is 488 g/mol. The number of ether oxygens (including phenoxy) is 3. The molecule has 0 atom stereocenters. The van der Waals surface area contributed by atoms with Crippen LogP contribution in [0, 0.1) is 5.82 Å². The van der Waals surface area contributed by atoms with E-state index >= 15 is 0 Å². The maximum atomic E-state index is 14.2. The number of anilines is 4. The Morgan fingerprint density at radius 1 is 0.909 bits per heavy atom. The van der Waals surface area contributed by atoms with Gasteiger partial charge in [-0.2, -0.15) is 18.2 Å². The van der Waals surface area contributed by atoms with Crippen LogP contribution in [-0.2, 0) is 6.18 Å². The van der Waals surface area contributed by atoms with Gasteiger partial charge in [0.25, 0.3) is 0 Å². The first-order chi connectivity index (χ1) is 15.7. The van der Waals surface area contributed by atoms with Crippen molar-refractivity contribution in [3.8, 4) is 17.2 Å². The van der Waals surface area contributed by atoms with Gasteiger partial charge in [0.2, 0.25) is 11.7 Å². The second-order valence-corrected chi connectivity index (χ2v) is 6.78. The van der Waals surface area contributed by atoms with E-state index in [2.05, 4.69) is 26.1 Å².